The molecule has 0 saturated carbocycles. The van der Waals surface area contributed by atoms with Crippen LogP contribution in [0.3, 0.4) is 0 Å². The molecule has 0 aliphatic heterocycles. The maximum absolute atomic E-state index is 12.9. The molecule has 0 bridgehead atoms. The van der Waals surface area contributed by atoms with E-state index in [1.807, 2.05) is 0 Å². The van der Waals surface area contributed by atoms with E-state index in [9.17, 15) is 13.2 Å². The maximum atomic E-state index is 12.9. The lowest BCUT2D eigenvalue weighted by molar-refractivity contribution is -0.111. The van der Waals surface area contributed by atoms with Gasteiger partial charge in [0.25, 0.3) is 10.0 Å². The molecule has 0 atom stereocenters. The minimum atomic E-state index is -4.03. The Morgan fingerprint density at radius 1 is 1.13 bits per heavy atom. The normalized spacial score (nSPS) is 11.4. The summed E-state index contributed by atoms with van der Waals surface area (Å²) in [6.07, 6.45) is 2.81. The molecular formula is C21H19ClN2O5S. The van der Waals surface area contributed by atoms with E-state index in [0.717, 1.165) is 5.76 Å². The van der Waals surface area contributed by atoms with Crippen LogP contribution in [-0.4, -0.2) is 21.4 Å². The molecule has 2 aromatic carbocycles. The molecule has 7 nitrogen and oxygen atoms in total. The number of benzene rings is 2. The van der Waals surface area contributed by atoms with Crippen LogP contribution in [0.5, 0.6) is 5.75 Å². The molecule has 0 fully saturated rings. The Bertz CT molecular complexity index is 1200. The fraction of sp³-hybridized carbons (Fsp3) is 0.0952. The predicted molar refractivity (Wildman–Crippen MR) is 116 cm³/mol. The van der Waals surface area contributed by atoms with Crippen LogP contribution in [0, 0.1) is 6.92 Å². The highest BCUT2D eigenvalue weighted by Gasteiger charge is 2.21. The number of furan rings is 1. The molecule has 0 unspecified atom stereocenters. The van der Waals surface area contributed by atoms with E-state index in [-0.39, 0.29) is 27.0 Å². The fourth-order valence-electron chi connectivity index (χ4n) is 2.59. The molecule has 0 aliphatic rings. The summed E-state index contributed by atoms with van der Waals surface area (Å²) in [5.41, 5.74) is 0.507. The van der Waals surface area contributed by atoms with Crippen molar-refractivity contribution in [3.05, 3.63) is 77.2 Å². The average Bonchev–Trinajstić information content (AvgIpc) is 3.13. The second-order valence-corrected chi connectivity index (χ2v) is 8.28. The number of anilines is 2. The molecule has 1 heterocycles. The van der Waals surface area contributed by atoms with Crippen LogP contribution in [-0.2, 0) is 14.8 Å². The van der Waals surface area contributed by atoms with Crippen LogP contribution in [0.15, 0.2) is 70.0 Å². The van der Waals surface area contributed by atoms with Gasteiger partial charge in [0.05, 0.1) is 17.8 Å². The van der Waals surface area contributed by atoms with E-state index in [1.54, 1.807) is 43.3 Å². The quantitative estimate of drug-likeness (QED) is 0.512. The van der Waals surface area contributed by atoms with Gasteiger partial charge in [-0.25, -0.2) is 8.42 Å². The molecule has 3 aromatic rings. The van der Waals surface area contributed by atoms with Gasteiger partial charge in [0.1, 0.15) is 22.2 Å². The Labute approximate surface area is 179 Å². The molecule has 3 rings (SSSR count). The van der Waals surface area contributed by atoms with E-state index in [2.05, 4.69) is 10.0 Å². The van der Waals surface area contributed by atoms with Crippen molar-refractivity contribution in [3.8, 4) is 5.75 Å². The second kappa shape index (κ2) is 9.06. The van der Waals surface area contributed by atoms with E-state index >= 15 is 0 Å². The summed E-state index contributed by atoms with van der Waals surface area (Å²) in [7, 11) is -2.68. The monoisotopic (exact) mass is 446 g/mol. The number of aryl methyl sites for hydroxylation is 1. The molecular weight excluding hydrogens is 428 g/mol. The summed E-state index contributed by atoms with van der Waals surface area (Å²) in [6, 6.07) is 14.3. The highest BCUT2D eigenvalue weighted by atomic mass is 35.5. The number of nitrogens with one attached hydrogen (secondary N) is 2. The van der Waals surface area contributed by atoms with Crippen LogP contribution < -0.4 is 14.8 Å². The number of carbonyl (C=O) groups is 1. The van der Waals surface area contributed by atoms with Crippen LogP contribution in [0.25, 0.3) is 6.08 Å². The third-order valence-electron chi connectivity index (χ3n) is 4.00. The first-order valence-electron chi connectivity index (χ1n) is 8.79. The standard InChI is InChI=1S/C21H19ClN2O5S/c1-14-7-9-16(29-14)10-12-21(25)23-15-8-11-19(28-2)20(13-15)30(26,27)24-18-6-4-3-5-17(18)22/h3-13,24H,1-2H3,(H,23,25)/b12-10+. The van der Waals surface area contributed by atoms with Gasteiger partial charge < -0.3 is 14.5 Å². The summed E-state index contributed by atoms with van der Waals surface area (Å²) in [4.78, 5) is 12.0. The molecule has 0 saturated heterocycles. The first kappa shape index (κ1) is 21.5. The Kier molecular flexibility index (Phi) is 6.49. The minimum absolute atomic E-state index is 0.120. The highest BCUT2D eigenvalue weighted by Crippen LogP contribution is 2.30. The summed E-state index contributed by atoms with van der Waals surface area (Å²) < 4.78 is 38.8. The second-order valence-electron chi connectivity index (χ2n) is 6.22. The third-order valence-corrected chi connectivity index (χ3v) is 5.72. The first-order valence-corrected chi connectivity index (χ1v) is 10.7. The zero-order chi connectivity index (χ0) is 21.7. The summed E-state index contributed by atoms with van der Waals surface area (Å²) >= 11 is 6.05. The van der Waals surface area contributed by atoms with Gasteiger partial charge in [-0.3, -0.25) is 9.52 Å². The molecule has 156 valence electrons. The van der Waals surface area contributed by atoms with Gasteiger partial charge in [-0.2, -0.15) is 0 Å². The minimum Gasteiger partial charge on any atom is -0.495 e. The van der Waals surface area contributed by atoms with Crippen molar-refractivity contribution in [1.82, 2.24) is 0 Å². The lowest BCUT2D eigenvalue weighted by atomic mass is 10.3. The lowest BCUT2D eigenvalue weighted by Gasteiger charge is -2.14. The Hall–Kier alpha value is -3.23. The lowest BCUT2D eigenvalue weighted by Crippen LogP contribution is -2.15. The third kappa shape index (κ3) is 5.22. The van der Waals surface area contributed by atoms with Crippen LogP contribution >= 0.6 is 11.6 Å². The number of amides is 1. The number of carbonyl (C=O) groups excluding carboxylic acids is 1. The Balaban J connectivity index is 1.83. The molecule has 0 spiro atoms. The van der Waals surface area contributed by atoms with Crippen LogP contribution in [0.4, 0.5) is 11.4 Å². The first-order chi connectivity index (χ1) is 14.3. The number of hydrogen-bond donors (Lipinski definition) is 2. The van der Waals surface area contributed by atoms with E-state index in [1.165, 1.54) is 37.5 Å². The van der Waals surface area contributed by atoms with Crippen molar-refractivity contribution in [1.29, 1.82) is 0 Å². The zero-order valence-corrected chi connectivity index (χ0v) is 17.8. The van der Waals surface area contributed by atoms with E-state index in [0.29, 0.717) is 5.76 Å². The Morgan fingerprint density at radius 3 is 2.57 bits per heavy atom. The number of rotatable bonds is 7. The molecule has 1 aromatic heterocycles. The summed E-state index contributed by atoms with van der Waals surface area (Å²) in [5.74, 6) is 0.932. The topological polar surface area (TPSA) is 97.6 Å². The SMILES string of the molecule is COc1ccc(NC(=O)/C=C/c2ccc(C)o2)cc1S(=O)(=O)Nc1ccccc1Cl. The van der Waals surface area contributed by atoms with Crippen LogP contribution in [0.2, 0.25) is 5.02 Å². The Morgan fingerprint density at radius 2 is 1.90 bits per heavy atom. The van der Waals surface area contributed by atoms with Gasteiger partial charge in [0, 0.05) is 11.8 Å². The maximum Gasteiger partial charge on any atom is 0.265 e. The molecule has 0 aliphatic carbocycles. The van der Waals surface area contributed by atoms with Gasteiger partial charge in [0.15, 0.2) is 0 Å². The number of hydrogen-bond acceptors (Lipinski definition) is 5. The number of methoxy groups -OCH3 is 1. The summed E-state index contributed by atoms with van der Waals surface area (Å²) in [5, 5.41) is 2.87. The number of ether oxygens (including phenoxy) is 1. The van der Waals surface area contributed by atoms with Gasteiger partial charge in [-0.15, -0.1) is 0 Å². The molecule has 1 amide bonds. The summed E-state index contributed by atoms with van der Waals surface area (Å²) in [6.45, 7) is 1.80. The molecule has 2 N–H and O–H groups in total. The van der Waals surface area contributed by atoms with E-state index < -0.39 is 15.9 Å². The molecule has 0 radical (unpaired) electrons. The van der Waals surface area contributed by atoms with Crippen molar-refractivity contribution < 1.29 is 22.4 Å². The highest BCUT2D eigenvalue weighted by molar-refractivity contribution is 7.92. The largest absolute Gasteiger partial charge is 0.495 e. The van der Waals surface area contributed by atoms with Gasteiger partial charge >= 0.3 is 0 Å². The number of para-hydroxylation sites is 1. The number of halogens is 1. The van der Waals surface area contributed by atoms with Crippen molar-refractivity contribution >= 4 is 45.0 Å². The van der Waals surface area contributed by atoms with Gasteiger partial charge in [0.2, 0.25) is 5.91 Å². The van der Waals surface area contributed by atoms with Crippen molar-refractivity contribution in [2.24, 2.45) is 0 Å². The fourth-order valence-corrected chi connectivity index (χ4v) is 4.11. The van der Waals surface area contributed by atoms with Crippen molar-refractivity contribution in [2.45, 2.75) is 11.8 Å². The van der Waals surface area contributed by atoms with Crippen molar-refractivity contribution in [3.63, 3.8) is 0 Å². The molecule has 9 heteroatoms. The average molecular weight is 447 g/mol. The van der Waals surface area contributed by atoms with Gasteiger partial charge in [-0.1, -0.05) is 23.7 Å². The zero-order valence-electron chi connectivity index (χ0n) is 16.2. The molecule has 30 heavy (non-hydrogen) atoms. The van der Waals surface area contributed by atoms with Crippen molar-refractivity contribution in [2.75, 3.05) is 17.1 Å². The van der Waals surface area contributed by atoms with Gasteiger partial charge in [-0.05, 0) is 55.5 Å². The smallest absolute Gasteiger partial charge is 0.265 e. The van der Waals surface area contributed by atoms with E-state index in [4.69, 9.17) is 20.8 Å². The number of sulfonamides is 1. The van der Waals surface area contributed by atoms with Crippen LogP contribution in [0.1, 0.15) is 11.5 Å². The predicted octanol–water partition coefficient (Wildman–Crippen LogP) is 4.70.